The zero-order chi connectivity index (χ0) is 13.7. The number of rotatable bonds is 5. The van der Waals surface area contributed by atoms with Gasteiger partial charge in [0.15, 0.2) is 0 Å². The number of nitrogens with one attached hydrogen (secondary N) is 1. The molecule has 0 unspecified atom stereocenters. The summed E-state index contributed by atoms with van der Waals surface area (Å²) in [5, 5.41) is 3.49. The summed E-state index contributed by atoms with van der Waals surface area (Å²) >= 11 is 0. The molecule has 19 heavy (non-hydrogen) atoms. The Labute approximate surface area is 115 Å². The zero-order valence-corrected chi connectivity index (χ0v) is 12.1. The van der Waals surface area contributed by atoms with E-state index >= 15 is 0 Å². The van der Waals surface area contributed by atoms with E-state index in [9.17, 15) is 8.42 Å². The molecule has 1 N–H and O–H groups in total. The Balaban J connectivity index is 1.69. The third kappa shape index (κ3) is 4.56. The molecule has 1 aromatic rings. The molecule has 1 aromatic heterocycles. The summed E-state index contributed by atoms with van der Waals surface area (Å²) in [6.07, 6.45) is 7.68. The summed E-state index contributed by atoms with van der Waals surface area (Å²) < 4.78 is 24.3. The van der Waals surface area contributed by atoms with E-state index in [-0.39, 0.29) is 0 Å². The van der Waals surface area contributed by atoms with Gasteiger partial charge in [0, 0.05) is 31.5 Å². The lowest BCUT2D eigenvalue weighted by atomic mass is 10.1. The highest BCUT2D eigenvalue weighted by molar-refractivity contribution is 7.88. The predicted octanol–water partition coefficient (Wildman–Crippen LogP) is 0.638. The van der Waals surface area contributed by atoms with Crippen LogP contribution in [0.3, 0.4) is 0 Å². The van der Waals surface area contributed by atoms with E-state index in [0.29, 0.717) is 19.1 Å². The van der Waals surface area contributed by atoms with E-state index < -0.39 is 10.0 Å². The fourth-order valence-corrected chi connectivity index (χ4v) is 3.23. The topological polar surface area (TPSA) is 62.3 Å². The largest absolute Gasteiger partial charge is 0.314 e. The molecule has 2 rings (SSSR count). The number of hydrogen-bond donors (Lipinski definition) is 1. The van der Waals surface area contributed by atoms with Crippen molar-refractivity contribution in [3.8, 4) is 0 Å². The van der Waals surface area contributed by atoms with Crippen LogP contribution < -0.4 is 5.32 Å². The first-order valence-electron chi connectivity index (χ1n) is 6.63. The van der Waals surface area contributed by atoms with Crippen LogP contribution in [0.25, 0.3) is 0 Å². The van der Waals surface area contributed by atoms with Gasteiger partial charge in [-0.05, 0) is 37.4 Å². The quantitative estimate of drug-likeness (QED) is 0.861. The lowest BCUT2D eigenvalue weighted by molar-refractivity contribution is 0.292. The molecule has 0 aromatic carbocycles. The number of hydrogen-bond acceptors (Lipinski definition) is 4. The van der Waals surface area contributed by atoms with Crippen molar-refractivity contribution in [3.05, 3.63) is 30.1 Å². The summed E-state index contributed by atoms with van der Waals surface area (Å²) in [7, 11) is -3.02. The third-order valence-electron chi connectivity index (χ3n) is 3.49. The van der Waals surface area contributed by atoms with E-state index in [0.717, 1.165) is 25.8 Å². The van der Waals surface area contributed by atoms with Crippen LogP contribution in [0.2, 0.25) is 0 Å². The number of piperidine rings is 1. The van der Waals surface area contributed by atoms with Gasteiger partial charge in [0.2, 0.25) is 10.0 Å². The lowest BCUT2D eigenvalue weighted by Crippen LogP contribution is -2.44. The van der Waals surface area contributed by atoms with Gasteiger partial charge in [0.1, 0.15) is 0 Å². The second-order valence-electron chi connectivity index (χ2n) is 5.00. The monoisotopic (exact) mass is 283 g/mol. The summed E-state index contributed by atoms with van der Waals surface area (Å²) in [5.74, 6) is 0. The molecule has 0 amide bonds. The molecule has 5 nitrogen and oxygen atoms in total. The summed E-state index contributed by atoms with van der Waals surface area (Å²) in [4.78, 5) is 4.09. The smallest absolute Gasteiger partial charge is 0.211 e. The standard InChI is InChI=1S/C13H21N3O2S/c1-19(17,18)16-9-5-13(6-10-16)15-8-4-12-3-2-7-14-11-12/h2-3,7,11,13,15H,4-6,8-10H2,1H3. The third-order valence-corrected chi connectivity index (χ3v) is 4.80. The molecule has 0 atom stereocenters. The SMILES string of the molecule is CS(=O)(=O)N1CCC(NCCc2cccnc2)CC1. The first-order valence-corrected chi connectivity index (χ1v) is 8.48. The summed E-state index contributed by atoms with van der Waals surface area (Å²) in [5.41, 5.74) is 1.23. The fourth-order valence-electron chi connectivity index (χ4n) is 2.36. The van der Waals surface area contributed by atoms with Crippen molar-refractivity contribution in [2.24, 2.45) is 0 Å². The van der Waals surface area contributed by atoms with Crippen molar-refractivity contribution >= 4 is 10.0 Å². The van der Waals surface area contributed by atoms with Crippen LogP contribution in [0.1, 0.15) is 18.4 Å². The molecular weight excluding hydrogens is 262 g/mol. The zero-order valence-electron chi connectivity index (χ0n) is 11.2. The van der Waals surface area contributed by atoms with Crippen LogP contribution in [0.5, 0.6) is 0 Å². The molecule has 106 valence electrons. The summed E-state index contributed by atoms with van der Waals surface area (Å²) in [6.45, 7) is 2.17. The van der Waals surface area contributed by atoms with Crippen LogP contribution in [-0.4, -0.2) is 49.6 Å². The van der Waals surface area contributed by atoms with Crippen molar-refractivity contribution in [2.45, 2.75) is 25.3 Å². The summed E-state index contributed by atoms with van der Waals surface area (Å²) in [6, 6.07) is 4.44. The minimum Gasteiger partial charge on any atom is -0.314 e. The van der Waals surface area contributed by atoms with Crippen LogP contribution >= 0.6 is 0 Å². The Morgan fingerprint density at radius 1 is 1.42 bits per heavy atom. The Kier molecular flexibility index (Phi) is 4.90. The Hall–Kier alpha value is -0.980. The average molecular weight is 283 g/mol. The van der Waals surface area contributed by atoms with Gasteiger partial charge in [0.25, 0.3) is 0 Å². The first-order chi connectivity index (χ1) is 9.05. The van der Waals surface area contributed by atoms with Crippen molar-refractivity contribution in [1.29, 1.82) is 0 Å². The molecule has 0 saturated carbocycles. The predicted molar refractivity (Wildman–Crippen MR) is 75.4 cm³/mol. The van der Waals surface area contributed by atoms with Crippen LogP contribution in [-0.2, 0) is 16.4 Å². The molecule has 0 bridgehead atoms. The number of aromatic nitrogens is 1. The molecule has 1 fully saturated rings. The van der Waals surface area contributed by atoms with E-state index in [4.69, 9.17) is 0 Å². The van der Waals surface area contributed by atoms with Crippen molar-refractivity contribution in [2.75, 3.05) is 25.9 Å². The molecular formula is C13H21N3O2S. The average Bonchev–Trinajstić information content (AvgIpc) is 2.39. The highest BCUT2D eigenvalue weighted by Gasteiger charge is 2.24. The van der Waals surface area contributed by atoms with Gasteiger partial charge in [-0.3, -0.25) is 4.98 Å². The molecule has 0 aliphatic carbocycles. The number of sulfonamides is 1. The molecule has 0 radical (unpaired) electrons. The van der Waals surface area contributed by atoms with E-state index in [1.165, 1.54) is 11.8 Å². The molecule has 2 heterocycles. The van der Waals surface area contributed by atoms with Crippen molar-refractivity contribution in [3.63, 3.8) is 0 Å². The van der Waals surface area contributed by atoms with Gasteiger partial charge in [-0.2, -0.15) is 0 Å². The Morgan fingerprint density at radius 2 is 2.16 bits per heavy atom. The maximum Gasteiger partial charge on any atom is 0.211 e. The Bertz CT molecular complexity index is 482. The first kappa shape index (κ1) is 14.4. The van der Waals surface area contributed by atoms with Crippen LogP contribution in [0.15, 0.2) is 24.5 Å². The highest BCUT2D eigenvalue weighted by Crippen LogP contribution is 2.13. The lowest BCUT2D eigenvalue weighted by Gasteiger charge is -2.30. The molecule has 1 aliphatic heterocycles. The van der Waals surface area contributed by atoms with Gasteiger partial charge >= 0.3 is 0 Å². The highest BCUT2D eigenvalue weighted by atomic mass is 32.2. The van der Waals surface area contributed by atoms with Gasteiger partial charge in [0.05, 0.1) is 6.26 Å². The maximum absolute atomic E-state index is 11.4. The molecule has 1 aliphatic rings. The minimum atomic E-state index is -3.02. The van der Waals surface area contributed by atoms with E-state index in [2.05, 4.69) is 16.4 Å². The van der Waals surface area contributed by atoms with E-state index in [1.807, 2.05) is 12.3 Å². The van der Waals surface area contributed by atoms with Crippen LogP contribution in [0, 0.1) is 0 Å². The van der Waals surface area contributed by atoms with Gasteiger partial charge in [-0.1, -0.05) is 6.07 Å². The Morgan fingerprint density at radius 3 is 2.74 bits per heavy atom. The number of pyridine rings is 1. The maximum atomic E-state index is 11.4. The second kappa shape index (κ2) is 6.45. The molecule has 6 heteroatoms. The van der Waals surface area contributed by atoms with Gasteiger partial charge < -0.3 is 5.32 Å². The molecule has 0 spiro atoms. The van der Waals surface area contributed by atoms with E-state index in [1.54, 1.807) is 10.5 Å². The van der Waals surface area contributed by atoms with Gasteiger partial charge in [-0.25, -0.2) is 12.7 Å². The van der Waals surface area contributed by atoms with Gasteiger partial charge in [-0.15, -0.1) is 0 Å². The second-order valence-corrected chi connectivity index (χ2v) is 6.98. The minimum absolute atomic E-state index is 0.426. The van der Waals surface area contributed by atoms with Crippen LogP contribution in [0.4, 0.5) is 0 Å². The fraction of sp³-hybridized carbons (Fsp3) is 0.615. The molecule has 1 saturated heterocycles. The normalized spacial score (nSPS) is 18.6. The van der Waals surface area contributed by atoms with Crippen molar-refractivity contribution in [1.82, 2.24) is 14.6 Å². The van der Waals surface area contributed by atoms with Crippen molar-refractivity contribution < 1.29 is 8.42 Å². The number of nitrogens with zero attached hydrogens (tertiary/aromatic N) is 2.